The maximum absolute atomic E-state index is 4.45. The van der Waals surface area contributed by atoms with Crippen molar-refractivity contribution in [1.82, 2.24) is 8.54 Å². The zero-order valence-electron chi connectivity index (χ0n) is 6.32. The Hall–Kier alpha value is 1.24. The second-order valence-corrected chi connectivity index (χ2v) is 15.3. The molecule has 5 heteroatoms. The van der Waals surface area contributed by atoms with Crippen LogP contribution in [0.4, 0.5) is 0 Å². The normalized spacial score (nSPS) is 23.1. The average molecular weight is 231 g/mol. The predicted octanol–water partition coefficient (Wildman–Crippen LogP) is 0.457. The maximum atomic E-state index is 4.45. The van der Waals surface area contributed by atoms with Gasteiger partial charge in [0.05, 0.1) is 0 Å². The summed E-state index contributed by atoms with van der Waals surface area (Å²) in [6, 6.07) is 0. The van der Waals surface area contributed by atoms with Crippen LogP contribution in [0.15, 0.2) is 0 Å². The SMILES string of the molecule is CN1CC[N]([Zn]([SH])[SH])CC1. The summed E-state index contributed by atoms with van der Waals surface area (Å²) in [5.41, 5.74) is 0. The van der Waals surface area contributed by atoms with E-state index in [2.05, 4.69) is 36.8 Å². The van der Waals surface area contributed by atoms with Gasteiger partial charge in [-0.3, -0.25) is 0 Å². The van der Waals surface area contributed by atoms with Crippen molar-refractivity contribution in [2.24, 2.45) is 0 Å². The second-order valence-electron chi connectivity index (χ2n) is 2.85. The molecule has 1 saturated heterocycles. The molecule has 1 aliphatic heterocycles. The van der Waals surface area contributed by atoms with Gasteiger partial charge in [0.15, 0.2) is 0 Å². The summed E-state index contributed by atoms with van der Waals surface area (Å²) in [5.74, 6) is 0. The predicted molar refractivity (Wildman–Crippen MR) is 47.0 cm³/mol. The Morgan fingerprint density at radius 1 is 1.10 bits per heavy atom. The molecule has 1 heterocycles. The van der Waals surface area contributed by atoms with Crippen molar-refractivity contribution in [1.29, 1.82) is 0 Å². The summed E-state index contributed by atoms with van der Waals surface area (Å²) in [6.45, 7) is 4.75. The van der Waals surface area contributed by atoms with Crippen LogP contribution in [-0.2, 0) is 13.8 Å². The molecule has 0 bridgehead atoms. The molecule has 0 radical (unpaired) electrons. The average Bonchev–Trinajstić information content (AvgIpc) is 1.88. The van der Waals surface area contributed by atoms with Crippen molar-refractivity contribution in [3.8, 4) is 0 Å². The van der Waals surface area contributed by atoms with Gasteiger partial charge in [0.1, 0.15) is 0 Å². The fourth-order valence-corrected chi connectivity index (χ4v) is 5.85. The van der Waals surface area contributed by atoms with Crippen molar-refractivity contribution < 1.29 is 13.8 Å². The second kappa shape index (κ2) is 4.31. The van der Waals surface area contributed by atoms with Gasteiger partial charge < -0.3 is 0 Å². The van der Waals surface area contributed by atoms with Gasteiger partial charge in [0.2, 0.25) is 0 Å². The van der Waals surface area contributed by atoms with Crippen LogP contribution < -0.4 is 0 Å². The Bertz CT molecular complexity index is 104. The zero-order chi connectivity index (χ0) is 7.56. The van der Waals surface area contributed by atoms with Gasteiger partial charge in [-0.25, -0.2) is 0 Å². The Labute approximate surface area is 76.6 Å². The third kappa shape index (κ3) is 2.70. The van der Waals surface area contributed by atoms with Gasteiger partial charge in [-0.2, -0.15) is 0 Å². The van der Waals surface area contributed by atoms with Crippen LogP contribution >= 0.6 is 21.2 Å². The van der Waals surface area contributed by atoms with Crippen molar-refractivity contribution in [3.05, 3.63) is 0 Å². The van der Waals surface area contributed by atoms with Gasteiger partial charge >= 0.3 is 76.8 Å². The summed E-state index contributed by atoms with van der Waals surface area (Å²) in [7, 11) is 11.1. The molecule has 0 aliphatic carbocycles. The van der Waals surface area contributed by atoms with E-state index in [1.165, 1.54) is 26.2 Å². The number of hydrogen-bond acceptors (Lipinski definition) is 4. The van der Waals surface area contributed by atoms with E-state index in [9.17, 15) is 0 Å². The van der Waals surface area contributed by atoms with E-state index in [0.717, 1.165) is 0 Å². The van der Waals surface area contributed by atoms with E-state index in [0.29, 0.717) is 0 Å². The number of piperazine rings is 1. The summed E-state index contributed by atoms with van der Waals surface area (Å²) < 4.78 is 2.46. The molecule has 1 aliphatic rings. The first-order valence-corrected chi connectivity index (χ1v) is 14.2. The summed E-state index contributed by atoms with van der Waals surface area (Å²) >= 11 is -1.68. The molecule has 0 aromatic rings. The van der Waals surface area contributed by atoms with E-state index < -0.39 is 13.8 Å². The fourth-order valence-electron chi connectivity index (χ4n) is 1.13. The minimum absolute atomic E-state index is 1.18. The van der Waals surface area contributed by atoms with Crippen LogP contribution in [-0.4, -0.2) is 41.8 Å². The fraction of sp³-hybridized carbons (Fsp3) is 1.00. The molecule has 0 spiro atoms. The van der Waals surface area contributed by atoms with Gasteiger partial charge in [-0.15, -0.1) is 0 Å². The first-order chi connectivity index (χ1) is 4.70. The van der Waals surface area contributed by atoms with Crippen molar-refractivity contribution in [2.75, 3.05) is 33.2 Å². The van der Waals surface area contributed by atoms with Crippen molar-refractivity contribution >= 4 is 21.2 Å². The number of nitrogens with zero attached hydrogens (tertiary/aromatic N) is 2. The number of thiol groups is 2. The molecule has 0 amide bonds. The van der Waals surface area contributed by atoms with E-state index in [1.807, 2.05) is 0 Å². The topological polar surface area (TPSA) is 6.48 Å². The van der Waals surface area contributed by atoms with E-state index in [4.69, 9.17) is 0 Å². The summed E-state index contributed by atoms with van der Waals surface area (Å²) in [6.07, 6.45) is 0. The Balaban J connectivity index is 2.26. The summed E-state index contributed by atoms with van der Waals surface area (Å²) in [5, 5.41) is 0. The molecule has 0 atom stereocenters. The first-order valence-electron chi connectivity index (χ1n) is 3.66. The molecule has 0 N–H and O–H groups in total. The van der Waals surface area contributed by atoms with Gasteiger partial charge in [0, 0.05) is 0 Å². The van der Waals surface area contributed by atoms with Gasteiger partial charge in [-0.1, -0.05) is 0 Å². The molecule has 2 nitrogen and oxygen atoms in total. The molecule has 1 rings (SSSR count). The standard InChI is InChI=1S/C5H11N2.2H2S.Zn/c1-7-4-2-6-3-5-7;;;/h2-5H2,1H3;2*1H2;/q-1;;;+3/p-2. The third-order valence-corrected chi connectivity index (χ3v) is 9.16. The Morgan fingerprint density at radius 2 is 1.60 bits per heavy atom. The molecule has 1 fully saturated rings. The first kappa shape index (κ1) is 9.33. The molecule has 0 saturated carbocycles. The number of likely N-dealkylation sites (N-methyl/N-ethyl adjacent to an activating group) is 1. The van der Waals surface area contributed by atoms with Crippen LogP contribution in [0.25, 0.3) is 0 Å². The monoisotopic (exact) mass is 229 g/mol. The zero-order valence-corrected chi connectivity index (χ0v) is 11.1. The van der Waals surface area contributed by atoms with Crippen molar-refractivity contribution in [3.63, 3.8) is 0 Å². The molecular weight excluding hydrogens is 218 g/mol. The van der Waals surface area contributed by atoms with Crippen LogP contribution in [0, 0.1) is 0 Å². The van der Waals surface area contributed by atoms with Crippen LogP contribution in [0.3, 0.4) is 0 Å². The molecule has 0 aromatic heterocycles. The van der Waals surface area contributed by atoms with E-state index >= 15 is 0 Å². The Morgan fingerprint density at radius 3 is 2.00 bits per heavy atom. The molecule has 0 unspecified atom stereocenters. The van der Waals surface area contributed by atoms with Gasteiger partial charge in [-0.05, 0) is 0 Å². The number of hydrogen-bond donors (Lipinski definition) is 2. The Kier molecular flexibility index (Phi) is 4.03. The molecule has 57 valence electrons. The quantitative estimate of drug-likeness (QED) is 0.499. The molecule has 0 aromatic carbocycles. The van der Waals surface area contributed by atoms with E-state index in [1.54, 1.807) is 0 Å². The summed E-state index contributed by atoms with van der Waals surface area (Å²) in [4.78, 5) is 2.35. The number of rotatable bonds is 1. The minimum atomic E-state index is -1.68. The van der Waals surface area contributed by atoms with Gasteiger partial charge in [0.25, 0.3) is 0 Å². The van der Waals surface area contributed by atoms with E-state index in [-0.39, 0.29) is 0 Å². The molecule has 10 heavy (non-hydrogen) atoms. The molecular formula is C5H13N2S2Zn. The van der Waals surface area contributed by atoms with Crippen LogP contribution in [0.2, 0.25) is 0 Å². The van der Waals surface area contributed by atoms with Crippen molar-refractivity contribution in [2.45, 2.75) is 0 Å². The van der Waals surface area contributed by atoms with Crippen LogP contribution in [0.1, 0.15) is 0 Å². The van der Waals surface area contributed by atoms with Crippen LogP contribution in [0.5, 0.6) is 0 Å². The third-order valence-electron chi connectivity index (χ3n) is 2.00.